The first-order valence-corrected chi connectivity index (χ1v) is 7.28. The molecule has 2 aliphatic rings. The third kappa shape index (κ3) is 1.78. The van der Waals surface area contributed by atoms with E-state index in [0.29, 0.717) is 5.11 Å². The van der Waals surface area contributed by atoms with Gasteiger partial charge in [-0.3, -0.25) is 16.1 Å². The van der Waals surface area contributed by atoms with Crippen LogP contribution in [0.3, 0.4) is 0 Å². The Morgan fingerprint density at radius 3 is 2.50 bits per heavy atom. The zero-order valence-electron chi connectivity index (χ0n) is 11.0. The molecule has 20 heavy (non-hydrogen) atoms. The van der Waals surface area contributed by atoms with Crippen LogP contribution in [-0.2, 0) is 0 Å². The van der Waals surface area contributed by atoms with Crippen molar-refractivity contribution in [3.8, 4) is 0 Å². The highest BCUT2D eigenvalue weighted by Crippen LogP contribution is 2.44. The molecule has 0 amide bonds. The lowest BCUT2D eigenvalue weighted by Gasteiger charge is -2.23. The topological polar surface area (TPSA) is 53.3 Å². The van der Waals surface area contributed by atoms with Gasteiger partial charge in [-0.1, -0.05) is 30.3 Å². The highest BCUT2D eigenvalue weighted by atomic mass is 32.1. The second-order valence-corrected chi connectivity index (χ2v) is 5.77. The molecule has 0 spiro atoms. The lowest BCUT2D eigenvalue weighted by molar-refractivity contribution is 0.578. The van der Waals surface area contributed by atoms with Gasteiger partial charge in [-0.15, -0.1) is 0 Å². The molecule has 0 bridgehead atoms. The van der Waals surface area contributed by atoms with Crippen molar-refractivity contribution in [1.82, 2.24) is 10.9 Å². The van der Waals surface area contributed by atoms with Crippen LogP contribution in [0.25, 0.3) is 10.8 Å². The van der Waals surface area contributed by atoms with Gasteiger partial charge in [-0.2, -0.15) is 5.43 Å². The van der Waals surface area contributed by atoms with E-state index in [9.17, 15) is 0 Å². The molecule has 2 aromatic rings. The van der Waals surface area contributed by atoms with Gasteiger partial charge in [-0.05, 0) is 48.0 Å². The van der Waals surface area contributed by atoms with E-state index in [-0.39, 0.29) is 6.29 Å². The van der Waals surface area contributed by atoms with Gasteiger partial charge in [0.1, 0.15) is 0 Å². The Morgan fingerprint density at radius 1 is 1.10 bits per heavy atom. The second kappa shape index (κ2) is 4.41. The summed E-state index contributed by atoms with van der Waals surface area (Å²) in [5.41, 5.74) is 14.4. The van der Waals surface area contributed by atoms with Gasteiger partial charge in [0.25, 0.3) is 0 Å². The van der Waals surface area contributed by atoms with Crippen LogP contribution >= 0.6 is 12.2 Å². The van der Waals surface area contributed by atoms with E-state index < -0.39 is 0 Å². The summed E-state index contributed by atoms with van der Waals surface area (Å²) in [5.74, 6) is 0.726. The van der Waals surface area contributed by atoms with Crippen molar-refractivity contribution in [3.05, 3.63) is 42.0 Å². The van der Waals surface area contributed by atoms with Crippen molar-refractivity contribution in [2.24, 2.45) is 5.73 Å². The Hall–Kier alpha value is -1.69. The Bertz CT molecular complexity index is 695. The highest BCUT2D eigenvalue weighted by Gasteiger charge is 2.29. The lowest BCUT2D eigenvalue weighted by Crippen LogP contribution is -2.45. The van der Waals surface area contributed by atoms with Crippen LogP contribution in [0, 0.1) is 0 Å². The molecule has 4 N–H and O–H groups in total. The number of thiocarbonyl (C=S) groups is 1. The molecule has 1 heterocycles. The van der Waals surface area contributed by atoms with Gasteiger partial charge >= 0.3 is 0 Å². The molecule has 0 aromatic heterocycles. The van der Waals surface area contributed by atoms with E-state index in [1.165, 1.54) is 29.2 Å². The van der Waals surface area contributed by atoms with E-state index in [1.807, 2.05) is 4.90 Å². The number of hydrazine groups is 1. The van der Waals surface area contributed by atoms with Crippen molar-refractivity contribution in [2.45, 2.75) is 25.0 Å². The third-order valence-corrected chi connectivity index (χ3v) is 4.33. The Kier molecular flexibility index (Phi) is 2.66. The fourth-order valence-electron chi connectivity index (χ4n) is 2.91. The monoisotopic (exact) mass is 284 g/mol. The molecule has 1 unspecified atom stereocenters. The Morgan fingerprint density at radius 2 is 1.85 bits per heavy atom. The van der Waals surface area contributed by atoms with E-state index in [0.717, 1.165) is 11.6 Å². The van der Waals surface area contributed by atoms with Crippen LogP contribution in [0.5, 0.6) is 0 Å². The van der Waals surface area contributed by atoms with Gasteiger partial charge < -0.3 is 0 Å². The van der Waals surface area contributed by atoms with Crippen LogP contribution < -0.4 is 21.5 Å². The predicted molar refractivity (Wildman–Crippen MR) is 85.2 cm³/mol. The van der Waals surface area contributed by atoms with Crippen LogP contribution in [0.15, 0.2) is 36.4 Å². The first-order chi connectivity index (χ1) is 9.75. The summed E-state index contributed by atoms with van der Waals surface area (Å²) in [4.78, 5) is 1.92. The normalized spacial score (nSPS) is 22.4. The molecule has 1 saturated carbocycles. The molecular weight excluding hydrogens is 268 g/mol. The summed E-state index contributed by atoms with van der Waals surface area (Å²) in [5, 5.41) is 3.14. The van der Waals surface area contributed by atoms with Gasteiger partial charge in [0.15, 0.2) is 11.4 Å². The van der Waals surface area contributed by atoms with Crippen LogP contribution in [0.2, 0.25) is 0 Å². The number of nitrogens with zero attached hydrogens (tertiary/aromatic N) is 1. The molecular formula is C15H16N4S. The fourth-order valence-corrected chi connectivity index (χ4v) is 3.18. The molecule has 1 saturated heterocycles. The number of benzene rings is 2. The van der Waals surface area contributed by atoms with Gasteiger partial charge in [0.05, 0.1) is 5.69 Å². The van der Waals surface area contributed by atoms with E-state index in [4.69, 9.17) is 18.0 Å². The number of hydrogen-bond donors (Lipinski definition) is 3. The number of anilines is 1. The third-order valence-electron chi connectivity index (χ3n) is 4.04. The van der Waals surface area contributed by atoms with Crippen LogP contribution in [0.1, 0.15) is 24.3 Å². The number of nitrogens with one attached hydrogen (secondary N) is 2. The molecule has 102 valence electrons. The van der Waals surface area contributed by atoms with Crippen molar-refractivity contribution in [1.29, 1.82) is 0 Å². The maximum atomic E-state index is 6.07. The number of fused-ring (bicyclic) bond motifs is 1. The number of rotatable bonds is 2. The molecule has 1 aliphatic heterocycles. The number of nitrogens with two attached hydrogens (primary N) is 1. The average molecular weight is 284 g/mol. The summed E-state index contributed by atoms with van der Waals surface area (Å²) in [6.45, 7) is 0. The molecule has 2 fully saturated rings. The van der Waals surface area contributed by atoms with E-state index >= 15 is 0 Å². The van der Waals surface area contributed by atoms with Crippen molar-refractivity contribution in [3.63, 3.8) is 0 Å². The Labute approximate surface area is 122 Å². The highest BCUT2D eigenvalue weighted by molar-refractivity contribution is 7.80. The number of hydrogen-bond acceptors (Lipinski definition) is 3. The van der Waals surface area contributed by atoms with E-state index in [2.05, 4.69) is 47.2 Å². The minimum Gasteiger partial charge on any atom is -0.297 e. The van der Waals surface area contributed by atoms with Crippen molar-refractivity contribution < 1.29 is 0 Å². The Balaban J connectivity index is 1.92. The smallest absolute Gasteiger partial charge is 0.190 e. The zero-order valence-corrected chi connectivity index (χ0v) is 11.8. The minimum atomic E-state index is -0.335. The molecule has 1 aliphatic carbocycles. The molecule has 5 heteroatoms. The minimum absolute atomic E-state index is 0.335. The van der Waals surface area contributed by atoms with Crippen LogP contribution in [0.4, 0.5) is 5.69 Å². The fraction of sp³-hybridized carbons (Fsp3) is 0.267. The predicted octanol–water partition coefficient (Wildman–Crippen LogP) is 2.16. The SMILES string of the molecule is NC1NNC(=S)N1c1ccc(C2CC2)c2ccccc12. The summed E-state index contributed by atoms with van der Waals surface area (Å²) in [6, 6.07) is 12.9. The molecule has 2 aromatic carbocycles. The molecule has 4 rings (SSSR count). The van der Waals surface area contributed by atoms with E-state index in [1.54, 1.807) is 0 Å². The summed E-state index contributed by atoms with van der Waals surface area (Å²) in [6.07, 6.45) is 2.26. The van der Waals surface area contributed by atoms with Crippen molar-refractivity contribution >= 4 is 33.8 Å². The van der Waals surface area contributed by atoms with Gasteiger partial charge in [-0.25, -0.2) is 0 Å². The first-order valence-electron chi connectivity index (χ1n) is 6.87. The molecule has 0 radical (unpaired) electrons. The standard InChI is InChI=1S/C15H16N4S/c16-14-17-18-15(20)19(14)13-8-7-10(9-5-6-9)11-3-1-2-4-12(11)13/h1-4,7-9,14,17H,5-6,16H2,(H,18,20). The largest absolute Gasteiger partial charge is 0.297 e. The first kappa shape index (κ1) is 12.1. The van der Waals surface area contributed by atoms with Gasteiger partial charge in [0.2, 0.25) is 0 Å². The maximum absolute atomic E-state index is 6.07. The second-order valence-electron chi connectivity index (χ2n) is 5.38. The van der Waals surface area contributed by atoms with Crippen molar-refractivity contribution in [2.75, 3.05) is 4.90 Å². The van der Waals surface area contributed by atoms with Gasteiger partial charge in [0, 0.05) is 5.39 Å². The summed E-state index contributed by atoms with van der Waals surface area (Å²) < 4.78 is 0. The molecule has 4 nitrogen and oxygen atoms in total. The zero-order chi connectivity index (χ0) is 13.7. The average Bonchev–Trinajstić information content (AvgIpc) is 3.25. The summed E-state index contributed by atoms with van der Waals surface area (Å²) in [7, 11) is 0. The molecule has 1 atom stereocenters. The quantitative estimate of drug-likeness (QED) is 0.738. The summed E-state index contributed by atoms with van der Waals surface area (Å²) >= 11 is 5.33. The lowest BCUT2D eigenvalue weighted by atomic mass is 9.99. The maximum Gasteiger partial charge on any atom is 0.190 e. The van der Waals surface area contributed by atoms with Crippen LogP contribution in [-0.4, -0.2) is 11.4 Å².